The van der Waals surface area contributed by atoms with Crippen LogP contribution in [0.1, 0.15) is 18.9 Å². The second kappa shape index (κ2) is 6.66. The van der Waals surface area contributed by atoms with E-state index < -0.39 is 0 Å². The topological polar surface area (TPSA) is 37.8 Å². The number of benzene rings is 1. The van der Waals surface area contributed by atoms with Crippen LogP contribution in [0.2, 0.25) is 10.0 Å². The molecule has 0 saturated carbocycles. The third kappa shape index (κ3) is 3.89. The molecule has 0 aliphatic carbocycles. The van der Waals surface area contributed by atoms with Crippen molar-refractivity contribution in [2.45, 2.75) is 20.4 Å². The molecule has 0 atom stereocenters. The fraction of sp³-hybridized carbons (Fsp3) is 0.385. The minimum Gasteiger partial charge on any atom is -0.310 e. The third-order valence-electron chi connectivity index (χ3n) is 2.47. The van der Waals surface area contributed by atoms with Gasteiger partial charge in [0, 0.05) is 12.1 Å². The molecule has 1 aromatic carbocycles. The van der Waals surface area contributed by atoms with E-state index in [0.717, 1.165) is 28.7 Å². The Kier molecular flexibility index (Phi) is 5.16. The summed E-state index contributed by atoms with van der Waals surface area (Å²) in [6.07, 6.45) is 0. The average Bonchev–Trinajstić information content (AvgIpc) is 2.77. The van der Waals surface area contributed by atoms with Crippen molar-refractivity contribution in [3.05, 3.63) is 33.3 Å². The van der Waals surface area contributed by atoms with Crippen LogP contribution in [0.3, 0.4) is 0 Å². The van der Waals surface area contributed by atoms with E-state index in [4.69, 9.17) is 23.2 Å². The molecule has 2 aromatic rings. The molecular formula is C13H15Cl2N3S. The van der Waals surface area contributed by atoms with Crippen molar-refractivity contribution < 1.29 is 0 Å². The number of halogens is 2. The van der Waals surface area contributed by atoms with Gasteiger partial charge >= 0.3 is 0 Å². The minimum atomic E-state index is 0.602. The summed E-state index contributed by atoms with van der Waals surface area (Å²) in [6, 6.07) is 5.43. The van der Waals surface area contributed by atoms with Gasteiger partial charge in [-0.3, -0.25) is 0 Å². The van der Waals surface area contributed by atoms with Crippen LogP contribution in [0, 0.1) is 5.92 Å². The molecule has 0 amide bonds. The van der Waals surface area contributed by atoms with Crippen LogP contribution in [-0.2, 0) is 6.54 Å². The predicted molar refractivity (Wildman–Crippen MR) is 81.9 cm³/mol. The fourth-order valence-electron chi connectivity index (χ4n) is 1.60. The summed E-state index contributed by atoms with van der Waals surface area (Å²) in [5.41, 5.74) is 0.762. The number of hydrogen-bond donors (Lipinski definition) is 1. The first-order chi connectivity index (χ1) is 9.08. The van der Waals surface area contributed by atoms with Gasteiger partial charge in [-0.05, 0) is 24.6 Å². The van der Waals surface area contributed by atoms with Crippen LogP contribution in [0.4, 0.5) is 0 Å². The molecule has 3 nitrogen and oxygen atoms in total. The van der Waals surface area contributed by atoms with Gasteiger partial charge in [0.05, 0.1) is 10.0 Å². The van der Waals surface area contributed by atoms with E-state index in [1.54, 1.807) is 12.1 Å². The molecule has 0 aliphatic rings. The highest BCUT2D eigenvalue weighted by molar-refractivity contribution is 7.14. The first-order valence-corrected chi connectivity index (χ1v) is 7.62. The van der Waals surface area contributed by atoms with E-state index in [1.807, 2.05) is 6.07 Å². The van der Waals surface area contributed by atoms with E-state index in [2.05, 4.69) is 29.4 Å². The Balaban J connectivity index is 2.12. The maximum Gasteiger partial charge on any atom is 0.150 e. The second-order valence-electron chi connectivity index (χ2n) is 4.62. The summed E-state index contributed by atoms with van der Waals surface area (Å²) < 4.78 is 0. The molecule has 0 saturated heterocycles. The van der Waals surface area contributed by atoms with Gasteiger partial charge in [-0.2, -0.15) is 0 Å². The average molecular weight is 316 g/mol. The lowest BCUT2D eigenvalue weighted by Gasteiger charge is -2.04. The van der Waals surface area contributed by atoms with Crippen molar-refractivity contribution in [2.75, 3.05) is 6.54 Å². The molecule has 0 radical (unpaired) electrons. The van der Waals surface area contributed by atoms with Crippen LogP contribution in [0.15, 0.2) is 18.2 Å². The van der Waals surface area contributed by atoms with Crippen LogP contribution < -0.4 is 5.32 Å². The first-order valence-electron chi connectivity index (χ1n) is 6.05. The van der Waals surface area contributed by atoms with Crippen LogP contribution in [0.25, 0.3) is 10.6 Å². The minimum absolute atomic E-state index is 0.602. The molecule has 6 heteroatoms. The monoisotopic (exact) mass is 315 g/mol. The van der Waals surface area contributed by atoms with Crippen molar-refractivity contribution in [2.24, 2.45) is 5.92 Å². The highest BCUT2D eigenvalue weighted by atomic mass is 35.5. The lowest BCUT2D eigenvalue weighted by atomic mass is 10.2. The smallest absolute Gasteiger partial charge is 0.150 e. The summed E-state index contributed by atoms with van der Waals surface area (Å²) >= 11 is 13.8. The van der Waals surface area contributed by atoms with E-state index >= 15 is 0 Å². The van der Waals surface area contributed by atoms with Crippen molar-refractivity contribution in [3.63, 3.8) is 0 Å². The number of hydrogen-bond acceptors (Lipinski definition) is 4. The molecule has 0 fully saturated rings. The largest absolute Gasteiger partial charge is 0.310 e. The lowest BCUT2D eigenvalue weighted by molar-refractivity contribution is 0.550. The van der Waals surface area contributed by atoms with Gasteiger partial charge in [-0.1, -0.05) is 54.5 Å². The molecule has 0 bridgehead atoms. The van der Waals surface area contributed by atoms with E-state index in [-0.39, 0.29) is 0 Å². The Morgan fingerprint density at radius 3 is 2.53 bits per heavy atom. The fourth-order valence-corrected chi connectivity index (χ4v) is 3.17. The van der Waals surface area contributed by atoms with Gasteiger partial charge in [0.1, 0.15) is 5.01 Å². The normalized spacial score (nSPS) is 11.2. The Hall–Kier alpha value is -0.680. The molecule has 1 N–H and O–H groups in total. The quantitative estimate of drug-likeness (QED) is 0.896. The Morgan fingerprint density at radius 2 is 1.89 bits per heavy atom. The molecule has 102 valence electrons. The summed E-state index contributed by atoms with van der Waals surface area (Å²) in [4.78, 5) is 0. The van der Waals surface area contributed by atoms with Crippen molar-refractivity contribution in [3.8, 4) is 10.6 Å². The molecule has 2 rings (SSSR count). The van der Waals surface area contributed by atoms with Crippen molar-refractivity contribution in [1.82, 2.24) is 15.5 Å². The number of rotatable bonds is 5. The van der Waals surface area contributed by atoms with Crippen molar-refractivity contribution >= 4 is 34.5 Å². The van der Waals surface area contributed by atoms with Crippen molar-refractivity contribution in [1.29, 1.82) is 0 Å². The molecule has 19 heavy (non-hydrogen) atoms. The molecule has 1 heterocycles. The lowest BCUT2D eigenvalue weighted by Crippen LogP contribution is -2.18. The second-order valence-corrected chi connectivity index (χ2v) is 6.50. The van der Waals surface area contributed by atoms with Gasteiger partial charge in [-0.25, -0.2) is 0 Å². The zero-order valence-electron chi connectivity index (χ0n) is 10.8. The standard InChI is InChI=1S/C13H15Cl2N3S/c1-8(2)6-16-7-11-17-18-13(19-11)12-9(14)4-3-5-10(12)15/h3-5,8,16H,6-7H2,1-2H3. The van der Waals surface area contributed by atoms with Gasteiger partial charge < -0.3 is 5.32 Å². The molecule has 0 spiro atoms. The summed E-state index contributed by atoms with van der Waals surface area (Å²) in [5, 5.41) is 14.6. The van der Waals surface area contributed by atoms with Gasteiger partial charge in [0.25, 0.3) is 0 Å². The number of aromatic nitrogens is 2. The highest BCUT2D eigenvalue weighted by Gasteiger charge is 2.13. The SMILES string of the molecule is CC(C)CNCc1nnc(-c2c(Cl)cccc2Cl)s1. The Bertz CT molecular complexity index is 534. The Morgan fingerprint density at radius 1 is 1.21 bits per heavy atom. The highest BCUT2D eigenvalue weighted by Crippen LogP contribution is 2.35. The molecule has 0 unspecified atom stereocenters. The van der Waals surface area contributed by atoms with Crippen LogP contribution >= 0.6 is 34.5 Å². The number of nitrogens with zero attached hydrogens (tertiary/aromatic N) is 2. The summed E-state index contributed by atoms with van der Waals surface area (Å²) in [6.45, 7) is 6.02. The van der Waals surface area contributed by atoms with Gasteiger partial charge in [0.15, 0.2) is 5.01 Å². The number of nitrogens with one attached hydrogen (secondary N) is 1. The first kappa shape index (κ1) is 14.7. The maximum absolute atomic E-state index is 6.16. The van der Waals surface area contributed by atoms with E-state index in [9.17, 15) is 0 Å². The molecule has 1 aromatic heterocycles. The van der Waals surface area contributed by atoms with Crippen LogP contribution in [-0.4, -0.2) is 16.7 Å². The predicted octanol–water partition coefficient (Wildman–Crippen LogP) is 4.26. The maximum atomic E-state index is 6.16. The van der Waals surface area contributed by atoms with E-state index in [1.165, 1.54) is 11.3 Å². The Labute approximate surface area is 127 Å². The molecular weight excluding hydrogens is 301 g/mol. The zero-order chi connectivity index (χ0) is 13.8. The summed E-state index contributed by atoms with van der Waals surface area (Å²) in [7, 11) is 0. The van der Waals surface area contributed by atoms with Gasteiger partial charge in [-0.15, -0.1) is 10.2 Å². The third-order valence-corrected chi connectivity index (χ3v) is 4.04. The zero-order valence-corrected chi connectivity index (χ0v) is 13.1. The molecule has 0 aliphatic heterocycles. The summed E-state index contributed by atoms with van der Waals surface area (Å²) in [5.74, 6) is 0.616. The van der Waals surface area contributed by atoms with Gasteiger partial charge in [0.2, 0.25) is 0 Å². The van der Waals surface area contributed by atoms with E-state index in [0.29, 0.717) is 16.0 Å². The van der Waals surface area contributed by atoms with Crippen LogP contribution in [0.5, 0.6) is 0 Å².